The van der Waals surface area contributed by atoms with Gasteiger partial charge in [0.25, 0.3) is 0 Å². The Morgan fingerprint density at radius 3 is 2.88 bits per heavy atom. The molecule has 1 N–H and O–H groups in total. The largest absolute Gasteiger partial charge is 0.351 e. The number of nitrogens with one attached hydrogen (secondary N) is 1. The Hall–Kier alpha value is -2.47. The minimum absolute atomic E-state index is 0.0179. The highest BCUT2D eigenvalue weighted by molar-refractivity contribution is 8.00. The van der Waals surface area contributed by atoms with E-state index < -0.39 is 15.1 Å². The Morgan fingerprint density at radius 1 is 1.30 bits per heavy atom. The molecule has 2 aliphatic heterocycles. The quantitative estimate of drug-likeness (QED) is 0.574. The van der Waals surface area contributed by atoms with E-state index in [1.165, 1.54) is 11.8 Å². The van der Waals surface area contributed by atoms with Crippen molar-refractivity contribution in [2.75, 3.05) is 18.1 Å². The van der Waals surface area contributed by atoms with E-state index in [0.717, 1.165) is 24.9 Å². The Labute approximate surface area is 197 Å². The van der Waals surface area contributed by atoms with Crippen molar-refractivity contribution in [3.8, 4) is 5.69 Å². The number of likely N-dealkylation sites (tertiary alicyclic amines) is 1. The van der Waals surface area contributed by atoms with Crippen molar-refractivity contribution in [1.82, 2.24) is 30.0 Å². The monoisotopic (exact) mass is 492 g/mol. The molecule has 2 aromatic heterocycles. The van der Waals surface area contributed by atoms with E-state index in [2.05, 4.69) is 20.5 Å². The number of nitrogens with zero attached hydrogens (tertiary/aromatic N) is 5. The van der Waals surface area contributed by atoms with Crippen molar-refractivity contribution >= 4 is 33.4 Å². The maximum atomic E-state index is 12.7. The fourth-order valence-electron chi connectivity index (χ4n) is 4.04. The van der Waals surface area contributed by atoms with Gasteiger partial charge in [-0.05, 0) is 38.3 Å². The second-order valence-corrected chi connectivity index (χ2v) is 12.0. The van der Waals surface area contributed by atoms with Crippen LogP contribution in [0.1, 0.15) is 44.9 Å². The standard InChI is InChI=1S/C21H28N6O4S2/c1-15(20(29)23-16-8-11-33(30,31)14-16)32-21-25-24-18(27(21)17-6-5-9-22-12-17)13-26-10-4-2-3-7-19(26)28/h5-6,9,12,15-16H,2-4,7-8,10-11,13-14H2,1H3,(H,23,29). The molecule has 2 amide bonds. The maximum Gasteiger partial charge on any atom is 0.233 e. The first-order valence-electron chi connectivity index (χ1n) is 11.1. The summed E-state index contributed by atoms with van der Waals surface area (Å²) in [5, 5.41) is 11.5. The summed E-state index contributed by atoms with van der Waals surface area (Å²) < 4.78 is 25.2. The number of hydrogen-bond acceptors (Lipinski definition) is 8. The molecule has 2 aliphatic rings. The van der Waals surface area contributed by atoms with Crippen LogP contribution in [-0.2, 0) is 26.0 Å². The van der Waals surface area contributed by atoms with Gasteiger partial charge in [-0.1, -0.05) is 18.2 Å². The highest BCUT2D eigenvalue weighted by Crippen LogP contribution is 2.27. The van der Waals surface area contributed by atoms with Crippen molar-refractivity contribution in [3.63, 3.8) is 0 Å². The van der Waals surface area contributed by atoms with Gasteiger partial charge in [0.2, 0.25) is 11.8 Å². The van der Waals surface area contributed by atoms with E-state index in [9.17, 15) is 18.0 Å². The Balaban J connectivity index is 1.52. The molecule has 4 rings (SSSR count). The molecule has 0 radical (unpaired) electrons. The van der Waals surface area contributed by atoms with Crippen LogP contribution in [0.4, 0.5) is 0 Å². The first-order chi connectivity index (χ1) is 15.8. The summed E-state index contributed by atoms with van der Waals surface area (Å²) in [4.78, 5) is 31.2. The highest BCUT2D eigenvalue weighted by Gasteiger charge is 2.31. The van der Waals surface area contributed by atoms with Gasteiger partial charge in [-0.2, -0.15) is 0 Å². The van der Waals surface area contributed by atoms with E-state index in [1.807, 2.05) is 15.5 Å². The van der Waals surface area contributed by atoms with E-state index in [0.29, 0.717) is 36.9 Å². The van der Waals surface area contributed by atoms with Crippen LogP contribution in [0.25, 0.3) is 5.69 Å². The average Bonchev–Trinajstić information content (AvgIpc) is 3.27. The van der Waals surface area contributed by atoms with Crippen LogP contribution >= 0.6 is 11.8 Å². The van der Waals surface area contributed by atoms with Gasteiger partial charge < -0.3 is 10.2 Å². The molecule has 0 aromatic carbocycles. The predicted octanol–water partition coefficient (Wildman–Crippen LogP) is 1.35. The third kappa shape index (κ3) is 5.91. The number of carbonyl (C=O) groups is 2. The Kier molecular flexibility index (Phi) is 7.32. The molecule has 4 heterocycles. The van der Waals surface area contributed by atoms with Gasteiger partial charge in [-0.25, -0.2) is 8.42 Å². The first kappa shape index (κ1) is 23.7. The molecule has 0 aliphatic carbocycles. The van der Waals surface area contributed by atoms with Crippen LogP contribution in [0.2, 0.25) is 0 Å². The van der Waals surface area contributed by atoms with Gasteiger partial charge in [-0.15, -0.1) is 10.2 Å². The van der Waals surface area contributed by atoms with Crippen molar-refractivity contribution < 1.29 is 18.0 Å². The summed E-state index contributed by atoms with van der Waals surface area (Å²) in [5.41, 5.74) is 0.747. The molecule has 2 saturated heterocycles. The van der Waals surface area contributed by atoms with Crippen molar-refractivity contribution in [2.24, 2.45) is 0 Å². The Morgan fingerprint density at radius 2 is 2.15 bits per heavy atom. The summed E-state index contributed by atoms with van der Waals surface area (Å²) in [7, 11) is -3.07. The zero-order chi connectivity index (χ0) is 23.4. The van der Waals surface area contributed by atoms with Crippen LogP contribution in [0, 0.1) is 0 Å². The van der Waals surface area contributed by atoms with Gasteiger partial charge in [0.05, 0.1) is 35.2 Å². The van der Waals surface area contributed by atoms with Gasteiger partial charge >= 0.3 is 0 Å². The minimum Gasteiger partial charge on any atom is -0.351 e. The summed E-state index contributed by atoms with van der Waals surface area (Å²) in [6.45, 7) is 2.77. The number of hydrogen-bond donors (Lipinski definition) is 1. The fraction of sp³-hybridized carbons (Fsp3) is 0.571. The normalized spacial score (nSPS) is 21.5. The van der Waals surface area contributed by atoms with Crippen LogP contribution < -0.4 is 5.32 Å². The summed E-state index contributed by atoms with van der Waals surface area (Å²) >= 11 is 1.24. The predicted molar refractivity (Wildman–Crippen MR) is 124 cm³/mol. The Bertz CT molecular complexity index is 1110. The minimum atomic E-state index is -3.07. The lowest BCUT2D eigenvalue weighted by Gasteiger charge is -2.21. The van der Waals surface area contributed by atoms with E-state index in [1.54, 1.807) is 25.4 Å². The van der Waals surface area contributed by atoms with Gasteiger partial charge in [-0.3, -0.25) is 19.1 Å². The van der Waals surface area contributed by atoms with Gasteiger partial charge in [0, 0.05) is 25.2 Å². The number of carbonyl (C=O) groups excluding carboxylic acids is 2. The summed E-state index contributed by atoms with van der Waals surface area (Å²) in [6, 6.07) is 3.33. The van der Waals surface area contributed by atoms with E-state index in [-0.39, 0.29) is 29.4 Å². The zero-order valence-corrected chi connectivity index (χ0v) is 20.1. The molecule has 2 aromatic rings. The topological polar surface area (TPSA) is 127 Å². The van der Waals surface area contributed by atoms with Crippen LogP contribution in [0.3, 0.4) is 0 Å². The number of rotatable bonds is 7. The number of aromatic nitrogens is 4. The molecule has 0 spiro atoms. The molecule has 12 heteroatoms. The van der Waals surface area contributed by atoms with Crippen molar-refractivity contribution in [1.29, 1.82) is 0 Å². The third-order valence-electron chi connectivity index (χ3n) is 5.84. The molecular formula is C21H28N6O4S2. The molecule has 2 atom stereocenters. The molecule has 2 unspecified atom stereocenters. The number of amides is 2. The highest BCUT2D eigenvalue weighted by atomic mass is 32.2. The summed E-state index contributed by atoms with van der Waals surface area (Å²) in [6.07, 6.45) is 7.23. The van der Waals surface area contributed by atoms with Crippen LogP contribution in [0.15, 0.2) is 29.7 Å². The van der Waals surface area contributed by atoms with Crippen molar-refractivity contribution in [3.05, 3.63) is 30.4 Å². The maximum absolute atomic E-state index is 12.7. The van der Waals surface area contributed by atoms with E-state index >= 15 is 0 Å². The third-order valence-corrected chi connectivity index (χ3v) is 8.65. The van der Waals surface area contributed by atoms with E-state index in [4.69, 9.17) is 0 Å². The second kappa shape index (κ2) is 10.2. The number of sulfone groups is 1. The molecule has 0 bridgehead atoms. The lowest BCUT2D eigenvalue weighted by atomic mass is 10.2. The molecule has 0 saturated carbocycles. The number of pyridine rings is 1. The van der Waals surface area contributed by atoms with Crippen molar-refractivity contribution in [2.45, 2.75) is 62.0 Å². The molecular weight excluding hydrogens is 464 g/mol. The lowest BCUT2D eigenvalue weighted by Crippen LogP contribution is -2.40. The van der Waals surface area contributed by atoms with Gasteiger partial charge in [0.15, 0.2) is 20.8 Å². The second-order valence-electron chi connectivity index (χ2n) is 8.44. The fourth-order valence-corrected chi connectivity index (χ4v) is 6.61. The van der Waals surface area contributed by atoms with Gasteiger partial charge in [0.1, 0.15) is 0 Å². The smallest absolute Gasteiger partial charge is 0.233 e. The molecule has 33 heavy (non-hydrogen) atoms. The SMILES string of the molecule is CC(Sc1nnc(CN2CCCCCC2=O)n1-c1cccnc1)C(=O)NC1CCS(=O)(=O)C1. The van der Waals surface area contributed by atoms with Crippen LogP contribution in [-0.4, -0.2) is 74.2 Å². The summed E-state index contributed by atoms with van der Waals surface area (Å²) in [5.74, 6) is 0.563. The number of thioether (sulfide) groups is 1. The lowest BCUT2D eigenvalue weighted by molar-refractivity contribution is -0.131. The molecule has 10 nitrogen and oxygen atoms in total. The average molecular weight is 493 g/mol. The van der Waals surface area contributed by atoms with Crippen LogP contribution in [0.5, 0.6) is 0 Å². The first-order valence-corrected chi connectivity index (χ1v) is 13.8. The molecule has 178 valence electrons. The zero-order valence-electron chi connectivity index (χ0n) is 18.5. The molecule has 2 fully saturated rings.